The standard InChI is InChI=1S/C28H37N3O2/c1-7-21-10-12-23(13-11-21)31(9-3)26-16-22(8-2)15-24(20(26)6)27(32)29-17-25-18(4)14-19(5)30-28(25)33/h2,14-16,21,23H,7,9-13,17H2,1,3-6H3,(H,29,32)(H,30,33). The van der Waals surface area contributed by atoms with Gasteiger partial charge in [-0.25, -0.2) is 0 Å². The molecule has 1 heterocycles. The summed E-state index contributed by atoms with van der Waals surface area (Å²) < 4.78 is 0. The molecule has 1 aliphatic rings. The summed E-state index contributed by atoms with van der Waals surface area (Å²) in [6.45, 7) is 11.2. The molecule has 5 heteroatoms. The minimum atomic E-state index is -0.212. The first kappa shape index (κ1) is 24.6. The van der Waals surface area contributed by atoms with E-state index in [2.05, 4.69) is 35.0 Å². The fourth-order valence-electron chi connectivity index (χ4n) is 5.17. The Morgan fingerprint density at radius 1 is 1.15 bits per heavy atom. The number of hydrogen-bond acceptors (Lipinski definition) is 3. The van der Waals surface area contributed by atoms with Gasteiger partial charge in [-0.15, -0.1) is 6.42 Å². The molecule has 0 unspecified atom stereocenters. The van der Waals surface area contributed by atoms with E-state index >= 15 is 0 Å². The smallest absolute Gasteiger partial charge is 0.253 e. The second-order valence-corrected chi connectivity index (χ2v) is 9.31. The van der Waals surface area contributed by atoms with Gasteiger partial charge in [0, 0.05) is 47.2 Å². The second-order valence-electron chi connectivity index (χ2n) is 9.31. The number of aromatic nitrogens is 1. The van der Waals surface area contributed by atoms with Crippen LogP contribution in [0.2, 0.25) is 0 Å². The van der Waals surface area contributed by atoms with Crippen molar-refractivity contribution in [1.29, 1.82) is 0 Å². The van der Waals surface area contributed by atoms with Crippen molar-refractivity contribution in [2.75, 3.05) is 11.4 Å². The molecule has 1 amide bonds. The zero-order chi connectivity index (χ0) is 24.1. The van der Waals surface area contributed by atoms with Crippen LogP contribution in [0.1, 0.15) is 84.3 Å². The Hall–Kier alpha value is -3.00. The Bertz CT molecular complexity index is 1100. The van der Waals surface area contributed by atoms with Gasteiger partial charge in [0.2, 0.25) is 0 Å². The van der Waals surface area contributed by atoms with Crippen molar-refractivity contribution in [3.05, 3.63) is 62.1 Å². The number of aryl methyl sites for hydroxylation is 2. The predicted molar refractivity (Wildman–Crippen MR) is 136 cm³/mol. The van der Waals surface area contributed by atoms with Crippen LogP contribution in [-0.2, 0) is 6.54 Å². The van der Waals surface area contributed by atoms with Crippen LogP contribution in [0.25, 0.3) is 0 Å². The van der Waals surface area contributed by atoms with E-state index in [1.54, 1.807) is 6.07 Å². The number of benzene rings is 1. The second kappa shape index (κ2) is 10.7. The van der Waals surface area contributed by atoms with E-state index in [0.717, 1.165) is 35.0 Å². The lowest BCUT2D eigenvalue weighted by atomic mass is 9.83. The number of nitrogens with one attached hydrogen (secondary N) is 2. The lowest BCUT2D eigenvalue weighted by Gasteiger charge is -2.39. The lowest BCUT2D eigenvalue weighted by molar-refractivity contribution is 0.0950. The van der Waals surface area contributed by atoms with E-state index in [1.807, 2.05) is 32.9 Å². The van der Waals surface area contributed by atoms with E-state index in [1.165, 1.54) is 32.1 Å². The molecule has 0 aliphatic heterocycles. The Morgan fingerprint density at radius 3 is 2.42 bits per heavy atom. The maximum atomic E-state index is 13.2. The number of carbonyl (C=O) groups is 1. The van der Waals surface area contributed by atoms with Crippen molar-refractivity contribution in [3.8, 4) is 12.3 Å². The third kappa shape index (κ3) is 5.50. The zero-order valence-corrected chi connectivity index (χ0v) is 20.7. The summed E-state index contributed by atoms with van der Waals surface area (Å²) >= 11 is 0. The van der Waals surface area contributed by atoms with Gasteiger partial charge < -0.3 is 15.2 Å². The Balaban J connectivity index is 1.87. The molecule has 0 saturated heterocycles. The fourth-order valence-corrected chi connectivity index (χ4v) is 5.17. The molecule has 176 valence electrons. The Morgan fingerprint density at radius 2 is 1.85 bits per heavy atom. The molecule has 0 spiro atoms. The first-order chi connectivity index (χ1) is 15.8. The van der Waals surface area contributed by atoms with Crippen LogP contribution in [0.15, 0.2) is 23.0 Å². The molecule has 2 N–H and O–H groups in total. The molecule has 3 rings (SSSR count). The van der Waals surface area contributed by atoms with Gasteiger partial charge in [-0.1, -0.05) is 19.3 Å². The Labute approximate surface area is 198 Å². The molecule has 0 radical (unpaired) electrons. The normalized spacial score (nSPS) is 17.9. The van der Waals surface area contributed by atoms with Crippen LogP contribution in [0, 0.1) is 39.0 Å². The average molecular weight is 448 g/mol. The highest BCUT2D eigenvalue weighted by Gasteiger charge is 2.27. The summed E-state index contributed by atoms with van der Waals surface area (Å²) in [5.74, 6) is 3.34. The minimum Gasteiger partial charge on any atom is -0.369 e. The molecule has 1 aliphatic carbocycles. The van der Waals surface area contributed by atoms with E-state index in [9.17, 15) is 9.59 Å². The fraction of sp³-hybridized carbons (Fsp3) is 0.500. The van der Waals surface area contributed by atoms with E-state index in [-0.39, 0.29) is 18.0 Å². The third-order valence-electron chi connectivity index (χ3n) is 7.20. The van der Waals surface area contributed by atoms with Gasteiger partial charge >= 0.3 is 0 Å². The molecule has 1 aromatic carbocycles. The van der Waals surface area contributed by atoms with Gasteiger partial charge in [-0.3, -0.25) is 9.59 Å². The van der Waals surface area contributed by atoms with Gasteiger partial charge in [0.05, 0.1) is 0 Å². The van der Waals surface area contributed by atoms with Crippen molar-refractivity contribution >= 4 is 11.6 Å². The highest BCUT2D eigenvalue weighted by Crippen LogP contribution is 2.34. The number of aromatic amines is 1. The number of amides is 1. The Kier molecular flexibility index (Phi) is 8.02. The summed E-state index contributed by atoms with van der Waals surface area (Å²) in [7, 11) is 0. The van der Waals surface area contributed by atoms with Crippen molar-refractivity contribution < 1.29 is 4.79 Å². The largest absolute Gasteiger partial charge is 0.369 e. The van der Waals surface area contributed by atoms with E-state index in [4.69, 9.17) is 6.42 Å². The maximum Gasteiger partial charge on any atom is 0.253 e. The summed E-state index contributed by atoms with van der Waals surface area (Å²) in [6, 6.07) is 6.20. The zero-order valence-electron chi connectivity index (χ0n) is 20.7. The van der Waals surface area contributed by atoms with Gasteiger partial charge in [0.25, 0.3) is 11.5 Å². The first-order valence-corrected chi connectivity index (χ1v) is 12.1. The van der Waals surface area contributed by atoms with E-state index in [0.29, 0.717) is 22.7 Å². The summed E-state index contributed by atoms with van der Waals surface area (Å²) in [6.07, 6.45) is 11.9. The van der Waals surface area contributed by atoms with Crippen molar-refractivity contribution in [1.82, 2.24) is 10.3 Å². The number of anilines is 1. The van der Waals surface area contributed by atoms with Gasteiger partial charge in [-0.05, 0) is 88.6 Å². The SMILES string of the molecule is C#Cc1cc(C(=O)NCc2c(C)cc(C)[nH]c2=O)c(C)c(N(CC)C2CCC(CC)CC2)c1. The third-order valence-corrected chi connectivity index (χ3v) is 7.20. The highest BCUT2D eigenvalue weighted by atomic mass is 16.1. The van der Waals surface area contributed by atoms with Gasteiger partial charge in [0.15, 0.2) is 0 Å². The van der Waals surface area contributed by atoms with Gasteiger partial charge in [0.1, 0.15) is 0 Å². The number of pyridine rings is 1. The lowest BCUT2D eigenvalue weighted by Crippen LogP contribution is -2.39. The number of nitrogens with zero attached hydrogens (tertiary/aromatic N) is 1. The minimum absolute atomic E-state index is 0.164. The quantitative estimate of drug-likeness (QED) is 0.587. The van der Waals surface area contributed by atoms with Crippen molar-refractivity contribution in [2.24, 2.45) is 5.92 Å². The van der Waals surface area contributed by atoms with Crippen LogP contribution in [0.4, 0.5) is 5.69 Å². The number of H-pyrrole nitrogens is 1. The molecule has 0 bridgehead atoms. The molecule has 5 nitrogen and oxygen atoms in total. The molecule has 33 heavy (non-hydrogen) atoms. The molecule has 2 aromatic rings. The summed E-state index contributed by atoms with van der Waals surface area (Å²) in [5, 5.41) is 2.94. The maximum absolute atomic E-state index is 13.2. The molecule has 1 aromatic heterocycles. The van der Waals surface area contributed by atoms with Crippen LogP contribution in [-0.4, -0.2) is 23.5 Å². The van der Waals surface area contributed by atoms with E-state index < -0.39 is 0 Å². The predicted octanol–water partition coefficient (Wildman–Crippen LogP) is 5.01. The molecular formula is C28H37N3O2. The number of terminal acetylenes is 1. The first-order valence-electron chi connectivity index (χ1n) is 12.1. The monoisotopic (exact) mass is 447 g/mol. The van der Waals surface area contributed by atoms with Crippen molar-refractivity contribution in [3.63, 3.8) is 0 Å². The molecule has 1 fully saturated rings. The summed E-state index contributed by atoms with van der Waals surface area (Å²) in [4.78, 5) is 30.8. The highest BCUT2D eigenvalue weighted by molar-refractivity contribution is 5.97. The van der Waals surface area contributed by atoms with Crippen LogP contribution in [0.5, 0.6) is 0 Å². The van der Waals surface area contributed by atoms with Crippen LogP contribution >= 0.6 is 0 Å². The summed E-state index contributed by atoms with van der Waals surface area (Å²) in [5.41, 5.74) is 5.33. The molecule has 0 atom stereocenters. The van der Waals surface area contributed by atoms with Crippen LogP contribution in [0.3, 0.4) is 0 Å². The topological polar surface area (TPSA) is 65.2 Å². The molecular weight excluding hydrogens is 410 g/mol. The van der Waals surface area contributed by atoms with Gasteiger partial charge in [-0.2, -0.15) is 0 Å². The average Bonchev–Trinajstić information content (AvgIpc) is 2.80. The number of hydrogen-bond donors (Lipinski definition) is 2. The number of carbonyl (C=O) groups excluding carboxylic acids is 1. The van der Waals surface area contributed by atoms with Crippen LogP contribution < -0.4 is 15.8 Å². The van der Waals surface area contributed by atoms with Crippen molar-refractivity contribution in [2.45, 2.75) is 79.3 Å². The molecule has 1 saturated carbocycles. The number of rotatable bonds is 7.